The standard InChI is InChI=1S/C20H24N2O5S/c1-13(2)11-21-17(23)12-22(28(3,26)27)19(20(24)25)18(21)16-10-6-8-14-7-4-5-9-15(14)16/h4-10,13,18-19H,11-12H2,1-3H3,(H,24,25)/t18-,19+/m1/s1. The molecule has 0 aromatic heterocycles. The molecule has 1 fully saturated rings. The number of fused-ring (bicyclic) bond motifs is 1. The highest BCUT2D eigenvalue weighted by Gasteiger charge is 2.49. The summed E-state index contributed by atoms with van der Waals surface area (Å²) < 4.78 is 25.4. The van der Waals surface area contributed by atoms with Crippen LogP contribution in [0.5, 0.6) is 0 Å². The summed E-state index contributed by atoms with van der Waals surface area (Å²) in [6.45, 7) is 3.75. The number of carbonyl (C=O) groups is 2. The highest BCUT2D eigenvalue weighted by atomic mass is 32.2. The van der Waals surface area contributed by atoms with Crippen molar-refractivity contribution in [3.05, 3.63) is 48.0 Å². The van der Waals surface area contributed by atoms with E-state index >= 15 is 0 Å². The molecular formula is C20H24N2O5S. The van der Waals surface area contributed by atoms with Gasteiger partial charge in [0.05, 0.1) is 18.8 Å². The molecule has 1 N–H and O–H groups in total. The molecule has 28 heavy (non-hydrogen) atoms. The molecular weight excluding hydrogens is 380 g/mol. The number of rotatable bonds is 5. The average molecular weight is 404 g/mol. The van der Waals surface area contributed by atoms with Gasteiger partial charge in [-0.2, -0.15) is 4.31 Å². The second-order valence-corrected chi connectivity index (χ2v) is 9.48. The Morgan fingerprint density at radius 1 is 1.18 bits per heavy atom. The monoisotopic (exact) mass is 404 g/mol. The Balaban J connectivity index is 2.27. The van der Waals surface area contributed by atoms with Crippen molar-refractivity contribution in [2.24, 2.45) is 5.92 Å². The Labute approximate surface area is 164 Å². The van der Waals surface area contributed by atoms with Crippen molar-refractivity contribution in [1.29, 1.82) is 0 Å². The van der Waals surface area contributed by atoms with E-state index in [1.54, 1.807) is 12.1 Å². The maximum Gasteiger partial charge on any atom is 0.324 e. The van der Waals surface area contributed by atoms with E-state index in [1.807, 2.05) is 44.2 Å². The first kappa shape index (κ1) is 20.3. The van der Waals surface area contributed by atoms with E-state index in [0.29, 0.717) is 12.1 Å². The summed E-state index contributed by atoms with van der Waals surface area (Å²) in [5, 5.41) is 11.7. The van der Waals surface area contributed by atoms with E-state index in [-0.39, 0.29) is 5.92 Å². The fourth-order valence-corrected chi connectivity index (χ4v) is 4.81. The number of benzene rings is 2. The van der Waals surface area contributed by atoms with Gasteiger partial charge in [-0.05, 0) is 22.3 Å². The van der Waals surface area contributed by atoms with Crippen molar-refractivity contribution in [1.82, 2.24) is 9.21 Å². The molecule has 1 saturated heterocycles. The van der Waals surface area contributed by atoms with Crippen LogP contribution < -0.4 is 0 Å². The Morgan fingerprint density at radius 3 is 2.43 bits per heavy atom. The predicted molar refractivity (Wildman–Crippen MR) is 106 cm³/mol. The molecule has 0 saturated carbocycles. The summed E-state index contributed by atoms with van der Waals surface area (Å²) in [7, 11) is -3.89. The highest BCUT2D eigenvalue weighted by molar-refractivity contribution is 7.88. The Bertz CT molecular complexity index is 1010. The van der Waals surface area contributed by atoms with E-state index in [9.17, 15) is 23.1 Å². The average Bonchev–Trinajstić information content (AvgIpc) is 2.61. The molecule has 0 aliphatic carbocycles. The van der Waals surface area contributed by atoms with Crippen molar-refractivity contribution in [3.8, 4) is 0 Å². The number of amides is 1. The molecule has 2 atom stereocenters. The van der Waals surface area contributed by atoms with Crippen molar-refractivity contribution in [2.75, 3.05) is 19.3 Å². The van der Waals surface area contributed by atoms with Gasteiger partial charge in [0.15, 0.2) is 0 Å². The van der Waals surface area contributed by atoms with Gasteiger partial charge in [-0.1, -0.05) is 56.3 Å². The molecule has 1 amide bonds. The lowest BCUT2D eigenvalue weighted by Gasteiger charge is -2.45. The van der Waals surface area contributed by atoms with Crippen LogP contribution >= 0.6 is 0 Å². The van der Waals surface area contributed by atoms with Crippen LogP contribution in [0.2, 0.25) is 0 Å². The molecule has 3 rings (SSSR count). The highest BCUT2D eigenvalue weighted by Crippen LogP contribution is 2.37. The molecule has 1 aliphatic heterocycles. The lowest BCUT2D eigenvalue weighted by atomic mass is 9.90. The molecule has 1 aliphatic rings. The molecule has 0 radical (unpaired) electrons. The first-order valence-corrected chi connectivity index (χ1v) is 10.9. The lowest BCUT2D eigenvalue weighted by molar-refractivity contribution is -0.153. The van der Waals surface area contributed by atoms with Gasteiger partial charge in [0.25, 0.3) is 0 Å². The third-order valence-electron chi connectivity index (χ3n) is 4.94. The molecule has 1 heterocycles. The summed E-state index contributed by atoms with van der Waals surface area (Å²) in [6, 6.07) is 10.7. The minimum atomic E-state index is -3.89. The summed E-state index contributed by atoms with van der Waals surface area (Å²) in [6.07, 6.45) is 0.939. The number of sulfonamides is 1. The van der Waals surface area contributed by atoms with Crippen LogP contribution in [0.4, 0.5) is 0 Å². The van der Waals surface area contributed by atoms with Gasteiger partial charge in [0, 0.05) is 6.54 Å². The molecule has 8 heteroatoms. The van der Waals surface area contributed by atoms with Gasteiger partial charge in [0.1, 0.15) is 6.04 Å². The van der Waals surface area contributed by atoms with Gasteiger partial charge >= 0.3 is 5.97 Å². The number of carbonyl (C=O) groups excluding carboxylic acids is 1. The van der Waals surface area contributed by atoms with Gasteiger partial charge < -0.3 is 10.0 Å². The smallest absolute Gasteiger partial charge is 0.324 e. The minimum absolute atomic E-state index is 0.0978. The lowest BCUT2D eigenvalue weighted by Crippen LogP contribution is -2.62. The first-order chi connectivity index (χ1) is 13.1. The summed E-state index contributed by atoms with van der Waals surface area (Å²) in [5.41, 5.74) is 0.632. The van der Waals surface area contributed by atoms with Crippen LogP contribution in [0, 0.1) is 5.92 Å². The minimum Gasteiger partial charge on any atom is -0.480 e. The summed E-state index contributed by atoms with van der Waals surface area (Å²) in [4.78, 5) is 26.6. The first-order valence-electron chi connectivity index (χ1n) is 9.08. The zero-order valence-corrected chi connectivity index (χ0v) is 16.9. The maximum atomic E-state index is 12.9. The number of hydrogen-bond acceptors (Lipinski definition) is 4. The SMILES string of the molecule is CC(C)CN1C(=O)CN(S(C)(=O)=O)[C@H](C(=O)O)[C@H]1c1cccc2ccccc12. The second kappa shape index (κ2) is 7.52. The van der Waals surface area contributed by atoms with Crippen molar-refractivity contribution in [2.45, 2.75) is 25.9 Å². The molecule has 0 bridgehead atoms. The van der Waals surface area contributed by atoms with Gasteiger partial charge in [-0.15, -0.1) is 0 Å². The van der Waals surface area contributed by atoms with E-state index < -0.39 is 40.5 Å². The number of carboxylic acid groups (broad SMARTS) is 1. The number of aliphatic carboxylic acids is 1. The van der Waals surface area contributed by atoms with Crippen LogP contribution in [0.3, 0.4) is 0 Å². The number of carboxylic acids is 1. The van der Waals surface area contributed by atoms with Crippen LogP contribution in [0.1, 0.15) is 25.5 Å². The number of piperazine rings is 1. The Kier molecular flexibility index (Phi) is 5.45. The molecule has 0 unspecified atom stereocenters. The van der Waals surface area contributed by atoms with Crippen LogP contribution in [0.25, 0.3) is 10.8 Å². The van der Waals surface area contributed by atoms with Gasteiger partial charge in [-0.25, -0.2) is 8.42 Å². The zero-order chi connectivity index (χ0) is 20.6. The van der Waals surface area contributed by atoms with E-state index in [1.165, 1.54) is 4.90 Å². The topological polar surface area (TPSA) is 95.0 Å². The van der Waals surface area contributed by atoms with Crippen molar-refractivity contribution >= 4 is 32.7 Å². The maximum absolute atomic E-state index is 12.9. The van der Waals surface area contributed by atoms with E-state index in [2.05, 4.69) is 0 Å². The predicted octanol–water partition coefficient (Wildman–Crippen LogP) is 2.09. The van der Waals surface area contributed by atoms with Crippen LogP contribution in [0.15, 0.2) is 42.5 Å². The third kappa shape index (κ3) is 3.74. The Hall–Kier alpha value is -2.45. The van der Waals surface area contributed by atoms with Crippen LogP contribution in [-0.2, 0) is 19.6 Å². The molecule has 7 nitrogen and oxygen atoms in total. The van der Waals surface area contributed by atoms with Gasteiger partial charge in [0.2, 0.25) is 15.9 Å². The molecule has 0 spiro atoms. The summed E-state index contributed by atoms with van der Waals surface area (Å²) in [5.74, 6) is -1.57. The van der Waals surface area contributed by atoms with E-state index in [0.717, 1.165) is 21.3 Å². The molecule has 2 aromatic carbocycles. The Morgan fingerprint density at radius 2 is 1.82 bits per heavy atom. The normalized spacial score (nSPS) is 21.4. The second-order valence-electron chi connectivity index (χ2n) is 7.54. The molecule has 2 aromatic rings. The number of hydrogen-bond donors (Lipinski definition) is 1. The largest absolute Gasteiger partial charge is 0.480 e. The van der Waals surface area contributed by atoms with Crippen molar-refractivity contribution < 1.29 is 23.1 Å². The third-order valence-corrected chi connectivity index (χ3v) is 6.15. The van der Waals surface area contributed by atoms with E-state index in [4.69, 9.17) is 0 Å². The molecule has 150 valence electrons. The fraction of sp³-hybridized carbons (Fsp3) is 0.400. The van der Waals surface area contributed by atoms with Crippen molar-refractivity contribution in [3.63, 3.8) is 0 Å². The van der Waals surface area contributed by atoms with Crippen LogP contribution in [-0.4, -0.2) is 60.0 Å². The van der Waals surface area contributed by atoms with Gasteiger partial charge in [-0.3, -0.25) is 9.59 Å². The summed E-state index contributed by atoms with van der Waals surface area (Å²) >= 11 is 0. The fourth-order valence-electron chi connectivity index (χ4n) is 3.84. The quantitative estimate of drug-likeness (QED) is 0.823. The number of nitrogens with zero attached hydrogens (tertiary/aromatic N) is 2. The zero-order valence-electron chi connectivity index (χ0n) is 16.1.